The van der Waals surface area contributed by atoms with Crippen LogP contribution in [-0.4, -0.2) is 34.1 Å². The van der Waals surface area contributed by atoms with Crippen molar-refractivity contribution in [3.05, 3.63) is 0 Å². The number of aliphatic hydroxyl groups is 1. The number of rotatable bonds is 6. The molecule has 0 aliphatic rings. The summed E-state index contributed by atoms with van der Waals surface area (Å²) in [5.74, 6) is 0. The van der Waals surface area contributed by atoms with E-state index in [-0.39, 0.29) is 13.2 Å². The van der Waals surface area contributed by atoms with Crippen LogP contribution in [0.15, 0.2) is 0 Å². The summed E-state index contributed by atoms with van der Waals surface area (Å²) >= 11 is 0. The van der Waals surface area contributed by atoms with E-state index in [2.05, 4.69) is 4.52 Å². The normalized spacial score (nSPS) is 14.7. The molecular formula is C5H14NO5P. The van der Waals surface area contributed by atoms with Crippen molar-refractivity contribution < 1.29 is 24.0 Å². The van der Waals surface area contributed by atoms with E-state index in [1.54, 1.807) is 0 Å². The first-order valence-electron chi connectivity index (χ1n) is 3.52. The van der Waals surface area contributed by atoms with Crippen molar-refractivity contribution in [2.45, 2.75) is 18.9 Å². The number of phosphoric acid groups is 1. The highest BCUT2D eigenvalue weighted by molar-refractivity contribution is 7.46. The summed E-state index contributed by atoms with van der Waals surface area (Å²) in [6.07, 6.45) is 0.988. The molecule has 0 spiro atoms. The lowest BCUT2D eigenvalue weighted by atomic mass is 10.2. The van der Waals surface area contributed by atoms with Crippen LogP contribution in [0.3, 0.4) is 0 Å². The fraction of sp³-hybridized carbons (Fsp3) is 1.00. The van der Waals surface area contributed by atoms with Gasteiger partial charge in [-0.1, -0.05) is 0 Å². The van der Waals surface area contributed by atoms with Gasteiger partial charge >= 0.3 is 7.82 Å². The Labute approximate surface area is 70.6 Å². The minimum Gasteiger partial charge on any atom is -0.396 e. The highest BCUT2D eigenvalue weighted by Gasteiger charge is 2.15. The minimum absolute atomic E-state index is 0.0175. The molecule has 0 saturated heterocycles. The summed E-state index contributed by atoms with van der Waals surface area (Å²) in [5.41, 5.74) is 5.39. The maximum absolute atomic E-state index is 10.2. The topological polar surface area (TPSA) is 113 Å². The second kappa shape index (κ2) is 5.64. The fourth-order valence-corrected chi connectivity index (χ4v) is 1.02. The third-order valence-electron chi connectivity index (χ3n) is 1.19. The molecule has 1 unspecified atom stereocenters. The zero-order valence-electron chi connectivity index (χ0n) is 6.59. The maximum Gasteiger partial charge on any atom is 0.469 e. The largest absolute Gasteiger partial charge is 0.469 e. The Hall–Kier alpha value is 0.0300. The standard InChI is InChI=1S/C5H14NO5P/c6-5(2-1-3-7)4-11-12(8,9)10/h5,7H,1-4,6H2,(H2,8,9,10). The number of nitrogens with two attached hydrogens (primary N) is 1. The van der Waals surface area contributed by atoms with Crippen LogP contribution < -0.4 is 5.73 Å². The van der Waals surface area contributed by atoms with Crippen molar-refractivity contribution in [2.75, 3.05) is 13.2 Å². The van der Waals surface area contributed by atoms with Crippen molar-refractivity contribution in [1.29, 1.82) is 0 Å². The Morgan fingerprint density at radius 3 is 2.50 bits per heavy atom. The van der Waals surface area contributed by atoms with E-state index in [1.807, 2.05) is 0 Å². The SMILES string of the molecule is NC(CCCO)COP(=O)(O)O. The molecule has 74 valence electrons. The van der Waals surface area contributed by atoms with Crippen LogP contribution in [-0.2, 0) is 9.09 Å². The fourth-order valence-electron chi connectivity index (χ4n) is 0.630. The van der Waals surface area contributed by atoms with Crippen molar-refractivity contribution in [3.8, 4) is 0 Å². The zero-order chi connectivity index (χ0) is 9.61. The maximum atomic E-state index is 10.2. The first-order valence-corrected chi connectivity index (χ1v) is 5.05. The third kappa shape index (κ3) is 8.13. The summed E-state index contributed by atoms with van der Waals surface area (Å²) in [7, 11) is -4.39. The van der Waals surface area contributed by atoms with Crippen LogP contribution in [0.2, 0.25) is 0 Å². The van der Waals surface area contributed by atoms with Gasteiger partial charge < -0.3 is 20.6 Å². The van der Waals surface area contributed by atoms with Crippen LogP contribution in [0.5, 0.6) is 0 Å². The van der Waals surface area contributed by atoms with Crippen molar-refractivity contribution in [3.63, 3.8) is 0 Å². The molecule has 0 fully saturated rings. The molecule has 0 rings (SSSR count). The highest BCUT2D eigenvalue weighted by atomic mass is 31.2. The van der Waals surface area contributed by atoms with E-state index in [9.17, 15) is 4.57 Å². The van der Waals surface area contributed by atoms with Gasteiger partial charge in [-0.15, -0.1) is 0 Å². The summed E-state index contributed by atoms with van der Waals surface area (Å²) in [6.45, 7) is -0.173. The molecular weight excluding hydrogens is 185 g/mol. The molecule has 12 heavy (non-hydrogen) atoms. The summed E-state index contributed by atoms with van der Waals surface area (Å²) in [5, 5.41) is 8.39. The average molecular weight is 199 g/mol. The van der Waals surface area contributed by atoms with Crippen molar-refractivity contribution >= 4 is 7.82 Å². The Bertz CT molecular complexity index is 158. The van der Waals surface area contributed by atoms with Gasteiger partial charge in [0.2, 0.25) is 0 Å². The Kier molecular flexibility index (Phi) is 5.65. The van der Waals surface area contributed by atoms with E-state index in [0.29, 0.717) is 12.8 Å². The lowest BCUT2D eigenvalue weighted by Crippen LogP contribution is -2.25. The van der Waals surface area contributed by atoms with Gasteiger partial charge in [0.25, 0.3) is 0 Å². The van der Waals surface area contributed by atoms with E-state index in [4.69, 9.17) is 20.6 Å². The second-order valence-corrected chi connectivity index (χ2v) is 3.65. The van der Waals surface area contributed by atoms with Gasteiger partial charge in [-0.3, -0.25) is 4.52 Å². The molecule has 7 heteroatoms. The molecule has 0 radical (unpaired) electrons. The van der Waals surface area contributed by atoms with E-state index < -0.39 is 13.9 Å². The number of hydrogen-bond acceptors (Lipinski definition) is 4. The quantitative estimate of drug-likeness (QED) is 0.416. The molecule has 0 aliphatic heterocycles. The number of aliphatic hydroxyl groups excluding tert-OH is 1. The molecule has 0 aromatic carbocycles. The molecule has 1 atom stereocenters. The van der Waals surface area contributed by atoms with Gasteiger partial charge in [-0.2, -0.15) is 0 Å². The van der Waals surface area contributed by atoms with E-state index >= 15 is 0 Å². The molecule has 0 aromatic rings. The van der Waals surface area contributed by atoms with Gasteiger partial charge in [0, 0.05) is 12.6 Å². The second-order valence-electron chi connectivity index (χ2n) is 2.41. The molecule has 5 N–H and O–H groups in total. The van der Waals surface area contributed by atoms with Crippen LogP contribution in [0.1, 0.15) is 12.8 Å². The molecule has 0 heterocycles. The highest BCUT2D eigenvalue weighted by Crippen LogP contribution is 2.35. The predicted molar refractivity (Wildman–Crippen MR) is 42.3 cm³/mol. The number of hydrogen-bond donors (Lipinski definition) is 4. The van der Waals surface area contributed by atoms with Crippen LogP contribution in [0.4, 0.5) is 0 Å². The molecule has 6 nitrogen and oxygen atoms in total. The van der Waals surface area contributed by atoms with Crippen molar-refractivity contribution in [1.82, 2.24) is 0 Å². The molecule has 0 aliphatic carbocycles. The zero-order valence-corrected chi connectivity index (χ0v) is 7.48. The van der Waals surface area contributed by atoms with Gasteiger partial charge in [0.15, 0.2) is 0 Å². The Morgan fingerprint density at radius 2 is 2.08 bits per heavy atom. The smallest absolute Gasteiger partial charge is 0.396 e. The van der Waals surface area contributed by atoms with Crippen LogP contribution >= 0.6 is 7.82 Å². The van der Waals surface area contributed by atoms with E-state index in [0.717, 1.165) is 0 Å². The van der Waals surface area contributed by atoms with Crippen molar-refractivity contribution in [2.24, 2.45) is 5.73 Å². The summed E-state index contributed by atoms with van der Waals surface area (Å²) < 4.78 is 14.3. The lowest BCUT2D eigenvalue weighted by Gasteiger charge is -2.11. The molecule has 0 bridgehead atoms. The van der Waals surface area contributed by atoms with Gasteiger partial charge in [-0.05, 0) is 12.8 Å². The first kappa shape index (κ1) is 12.0. The molecule has 0 amide bonds. The van der Waals surface area contributed by atoms with E-state index in [1.165, 1.54) is 0 Å². The average Bonchev–Trinajstić information content (AvgIpc) is 1.95. The molecule has 0 saturated carbocycles. The minimum atomic E-state index is -4.39. The first-order chi connectivity index (χ1) is 5.45. The lowest BCUT2D eigenvalue weighted by molar-refractivity contribution is 0.180. The van der Waals surface area contributed by atoms with Crippen LogP contribution in [0.25, 0.3) is 0 Å². The predicted octanol–water partition coefficient (Wildman–Crippen LogP) is -0.805. The Morgan fingerprint density at radius 1 is 1.50 bits per heavy atom. The third-order valence-corrected chi connectivity index (χ3v) is 1.68. The summed E-state index contributed by atoms with van der Waals surface area (Å²) in [4.78, 5) is 16.6. The van der Waals surface area contributed by atoms with Gasteiger partial charge in [0.1, 0.15) is 0 Å². The molecule has 0 aromatic heterocycles. The summed E-state index contributed by atoms with van der Waals surface area (Å²) in [6, 6.07) is -0.440. The monoisotopic (exact) mass is 199 g/mol. The van der Waals surface area contributed by atoms with Crippen LogP contribution in [0, 0.1) is 0 Å². The van der Waals surface area contributed by atoms with Gasteiger partial charge in [-0.25, -0.2) is 4.57 Å². The Balaban J connectivity index is 3.44. The number of phosphoric ester groups is 1. The van der Waals surface area contributed by atoms with Gasteiger partial charge in [0.05, 0.1) is 6.61 Å².